The minimum Gasteiger partial charge on any atom is -0.444 e. The highest BCUT2D eigenvalue weighted by molar-refractivity contribution is 9.10. The summed E-state index contributed by atoms with van der Waals surface area (Å²) in [6.07, 6.45) is 0.326. The largest absolute Gasteiger partial charge is 0.444 e. The fourth-order valence-electron chi connectivity index (χ4n) is 2.69. The van der Waals surface area contributed by atoms with Crippen molar-refractivity contribution in [3.8, 4) is 0 Å². The lowest BCUT2D eigenvalue weighted by Gasteiger charge is -2.19. The molecule has 2 aromatic carbocycles. The molecule has 0 aromatic heterocycles. The second-order valence-electron chi connectivity index (χ2n) is 7.93. The third-order valence-electron chi connectivity index (χ3n) is 4.14. The van der Waals surface area contributed by atoms with Gasteiger partial charge in [0.1, 0.15) is 12.1 Å². The highest BCUT2D eigenvalue weighted by Gasteiger charge is 2.17. The predicted molar refractivity (Wildman–Crippen MR) is 124 cm³/mol. The van der Waals surface area contributed by atoms with E-state index >= 15 is 0 Å². The summed E-state index contributed by atoms with van der Waals surface area (Å²) >= 11 is 3.48. The van der Waals surface area contributed by atoms with Crippen LogP contribution in [0.3, 0.4) is 0 Å². The van der Waals surface area contributed by atoms with Crippen molar-refractivity contribution in [2.24, 2.45) is 0 Å². The van der Waals surface area contributed by atoms with Crippen LogP contribution in [0.2, 0.25) is 0 Å². The number of para-hydroxylation sites is 1. The first-order valence-corrected chi connectivity index (χ1v) is 10.8. The first-order chi connectivity index (χ1) is 14.6. The molecule has 0 bridgehead atoms. The van der Waals surface area contributed by atoms with Crippen molar-refractivity contribution < 1.29 is 19.1 Å². The molecule has 0 heterocycles. The minimum absolute atomic E-state index is 0.0801. The number of rotatable bonds is 8. The van der Waals surface area contributed by atoms with E-state index in [1.165, 1.54) is 0 Å². The SMILES string of the molecule is CC(C)(C)OC(=O)NCC(=O)Nc1ccccc1CNC(=O)CCc1ccccc1Br. The molecule has 0 atom stereocenters. The molecule has 0 spiro atoms. The van der Waals surface area contributed by atoms with Gasteiger partial charge in [-0.15, -0.1) is 0 Å². The molecule has 3 amide bonds. The van der Waals surface area contributed by atoms with Crippen LogP contribution in [0, 0.1) is 0 Å². The summed E-state index contributed by atoms with van der Waals surface area (Å²) in [6, 6.07) is 15.0. The Bertz CT molecular complexity index is 925. The summed E-state index contributed by atoms with van der Waals surface area (Å²) in [5, 5.41) is 8.05. The van der Waals surface area contributed by atoms with E-state index in [9.17, 15) is 14.4 Å². The number of alkyl carbamates (subject to hydrolysis) is 1. The zero-order valence-corrected chi connectivity index (χ0v) is 19.5. The normalized spacial score (nSPS) is 10.8. The lowest BCUT2D eigenvalue weighted by molar-refractivity contribution is -0.121. The number of hydrogen-bond donors (Lipinski definition) is 3. The highest BCUT2D eigenvalue weighted by atomic mass is 79.9. The van der Waals surface area contributed by atoms with Crippen molar-refractivity contribution in [3.63, 3.8) is 0 Å². The summed E-state index contributed by atoms with van der Waals surface area (Å²) in [7, 11) is 0. The van der Waals surface area contributed by atoms with Gasteiger partial charge in [-0.2, -0.15) is 0 Å². The average Bonchev–Trinajstić information content (AvgIpc) is 2.70. The molecule has 0 fully saturated rings. The molecule has 8 heteroatoms. The van der Waals surface area contributed by atoms with Gasteiger partial charge in [-0.05, 0) is 50.5 Å². The number of ether oxygens (including phenoxy) is 1. The van der Waals surface area contributed by atoms with E-state index in [1.807, 2.05) is 36.4 Å². The topological polar surface area (TPSA) is 96.5 Å². The number of aryl methyl sites for hydroxylation is 1. The van der Waals surface area contributed by atoms with Crippen LogP contribution in [0.1, 0.15) is 38.3 Å². The monoisotopic (exact) mass is 489 g/mol. The molecular formula is C23H28BrN3O4. The maximum Gasteiger partial charge on any atom is 0.408 e. The van der Waals surface area contributed by atoms with Crippen LogP contribution in [0.25, 0.3) is 0 Å². The van der Waals surface area contributed by atoms with E-state index in [2.05, 4.69) is 31.9 Å². The van der Waals surface area contributed by atoms with Crippen LogP contribution >= 0.6 is 15.9 Å². The Morgan fingerprint density at radius 3 is 2.23 bits per heavy atom. The van der Waals surface area contributed by atoms with Gasteiger partial charge < -0.3 is 20.7 Å². The predicted octanol–water partition coefficient (Wildman–Crippen LogP) is 4.16. The Morgan fingerprint density at radius 2 is 1.55 bits per heavy atom. The van der Waals surface area contributed by atoms with Crippen molar-refractivity contribution in [2.45, 2.75) is 45.8 Å². The highest BCUT2D eigenvalue weighted by Crippen LogP contribution is 2.18. The fourth-order valence-corrected chi connectivity index (χ4v) is 3.17. The molecule has 2 rings (SSSR count). The van der Waals surface area contributed by atoms with E-state index in [4.69, 9.17) is 4.74 Å². The number of hydrogen-bond acceptors (Lipinski definition) is 4. The average molecular weight is 490 g/mol. The molecule has 0 aliphatic rings. The van der Waals surface area contributed by atoms with Crippen molar-refractivity contribution in [3.05, 3.63) is 64.1 Å². The van der Waals surface area contributed by atoms with Gasteiger partial charge in [0.05, 0.1) is 0 Å². The number of halogens is 1. The Morgan fingerprint density at radius 1 is 0.903 bits per heavy atom. The van der Waals surface area contributed by atoms with Crippen LogP contribution in [0.5, 0.6) is 0 Å². The van der Waals surface area contributed by atoms with Gasteiger partial charge in [0.25, 0.3) is 0 Å². The van der Waals surface area contributed by atoms with Crippen LogP contribution in [0.4, 0.5) is 10.5 Å². The molecule has 0 aliphatic heterocycles. The molecule has 31 heavy (non-hydrogen) atoms. The Hall–Kier alpha value is -2.87. The number of nitrogens with one attached hydrogen (secondary N) is 3. The summed E-state index contributed by atoms with van der Waals surface area (Å²) < 4.78 is 6.09. The number of carbonyl (C=O) groups is 3. The Balaban J connectivity index is 1.83. The molecule has 0 aliphatic carbocycles. The van der Waals surface area contributed by atoms with Crippen LogP contribution in [-0.2, 0) is 27.3 Å². The maximum atomic E-state index is 12.3. The van der Waals surface area contributed by atoms with Crippen LogP contribution in [0.15, 0.2) is 53.0 Å². The number of amides is 3. The van der Waals surface area contributed by atoms with Gasteiger partial charge in [0.2, 0.25) is 11.8 Å². The van der Waals surface area contributed by atoms with Crippen LogP contribution < -0.4 is 16.0 Å². The first kappa shape index (κ1) is 24.4. The molecule has 3 N–H and O–H groups in total. The summed E-state index contributed by atoms with van der Waals surface area (Å²) in [4.78, 5) is 36.1. The lowest BCUT2D eigenvalue weighted by atomic mass is 10.1. The third kappa shape index (κ3) is 9.21. The molecule has 2 aromatic rings. The zero-order chi connectivity index (χ0) is 22.9. The summed E-state index contributed by atoms with van der Waals surface area (Å²) in [6.45, 7) is 5.30. The number of anilines is 1. The summed E-state index contributed by atoms with van der Waals surface area (Å²) in [5.74, 6) is -0.470. The second-order valence-corrected chi connectivity index (χ2v) is 8.78. The van der Waals surface area contributed by atoms with Crippen LogP contribution in [-0.4, -0.2) is 30.1 Å². The van der Waals surface area contributed by atoms with E-state index in [0.717, 1.165) is 15.6 Å². The van der Waals surface area contributed by atoms with Gasteiger partial charge in [0, 0.05) is 23.1 Å². The van der Waals surface area contributed by atoms with Gasteiger partial charge in [-0.3, -0.25) is 9.59 Å². The molecule has 166 valence electrons. The lowest BCUT2D eigenvalue weighted by Crippen LogP contribution is -2.37. The van der Waals surface area contributed by atoms with E-state index < -0.39 is 17.6 Å². The maximum absolute atomic E-state index is 12.3. The number of carbonyl (C=O) groups excluding carboxylic acids is 3. The van der Waals surface area contributed by atoms with Gasteiger partial charge in [-0.1, -0.05) is 52.3 Å². The molecule has 7 nitrogen and oxygen atoms in total. The van der Waals surface area contributed by atoms with E-state index in [1.54, 1.807) is 32.9 Å². The zero-order valence-electron chi connectivity index (χ0n) is 18.0. The van der Waals surface area contributed by atoms with E-state index in [-0.39, 0.29) is 19.0 Å². The Kier molecular flexibility index (Phi) is 9.05. The quantitative estimate of drug-likeness (QED) is 0.518. The van der Waals surface area contributed by atoms with Gasteiger partial charge in [-0.25, -0.2) is 4.79 Å². The van der Waals surface area contributed by atoms with Crippen molar-refractivity contribution in [1.29, 1.82) is 0 Å². The van der Waals surface area contributed by atoms with E-state index in [0.29, 0.717) is 18.5 Å². The Labute approximate surface area is 191 Å². The van der Waals surface area contributed by atoms with Gasteiger partial charge >= 0.3 is 6.09 Å². The second kappa shape index (κ2) is 11.5. The standard InChI is InChI=1S/C23H28BrN3O4/c1-23(2,3)31-22(30)26-15-21(29)27-19-11-7-5-9-17(19)14-25-20(28)13-12-16-8-4-6-10-18(16)24/h4-11H,12-15H2,1-3H3,(H,25,28)(H,26,30)(H,27,29). The molecule has 0 saturated heterocycles. The molecule has 0 radical (unpaired) electrons. The fraction of sp³-hybridized carbons (Fsp3) is 0.348. The van der Waals surface area contributed by atoms with Crippen molar-refractivity contribution in [2.75, 3.05) is 11.9 Å². The summed E-state index contributed by atoms with van der Waals surface area (Å²) in [5.41, 5.74) is 1.77. The van der Waals surface area contributed by atoms with Crippen molar-refractivity contribution >= 4 is 39.5 Å². The number of benzene rings is 2. The molecular weight excluding hydrogens is 462 g/mol. The smallest absolute Gasteiger partial charge is 0.408 e. The third-order valence-corrected chi connectivity index (χ3v) is 4.91. The minimum atomic E-state index is -0.659. The van der Waals surface area contributed by atoms with Crippen molar-refractivity contribution in [1.82, 2.24) is 10.6 Å². The van der Waals surface area contributed by atoms with Gasteiger partial charge in [0.15, 0.2) is 0 Å². The first-order valence-electron chi connectivity index (χ1n) is 9.99. The molecule has 0 unspecified atom stereocenters. The molecule has 0 saturated carbocycles.